The van der Waals surface area contributed by atoms with Crippen molar-refractivity contribution in [2.24, 2.45) is 5.73 Å². The molecule has 1 amide bonds. The normalized spacial score (nSPS) is 12.8. The Balaban J connectivity index is 2.79. The molecule has 0 aromatic carbocycles. The molecule has 1 aromatic rings. The molecule has 0 aliphatic carbocycles. The van der Waals surface area contributed by atoms with Crippen molar-refractivity contribution >= 4 is 5.91 Å². The molecule has 1 atom stereocenters. The SMILES string of the molecule is CCC(C(N)=O)c1ccoc1. The molecule has 3 heteroatoms. The average molecular weight is 153 g/mol. The quantitative estimate of drug-likeness (QED) is 0.710. The van der Waals surface area contributed by atoms with E-state index in [1.807, 2.05) is 6.92 Å². The van der Waals surface area contributed by atoms with Crippen molar-refractivity contribution in [3.63, 3.8) is 0 Å². The molecule has 1 rings (SSSR count). The summed E-state index contributed by atoms with van der Waals surface area (Å²) in [6, 6.07) is 1.76. The van der Waals surface area contributed by atoms with Crippen LogP contribution in [0, 0.1) is 0 Å². The second-order valence-corrected chi connectivity index (χ2v) is 2.42. The van der Waals surface area contributed by atoms with Gasteiger partial charge in [-0.15, -0.1) is 0 Å². The number of hydrogen-bond donors (Lipinski definition) is 1. The van der Waals surface area contributed by atoms with E-state index in [0.717, 1.165) is 12.0 Å². The minimum absolute atomic E-state index is 0.200. The summed E-state index contributed by atoms with van der Waals surface area (Å²) in [5, 5.41) is 0. The number of carbonyl (C=O) groups excluding carboxylic acids is 1. The van der Waals surface area contributed by atoms with Crippen molar-refractivity contribution in [2.45, 2.75) is 19.3 Å². The number of nitrogens with two attached hydrogens (primary N) is 1. The Morgan fingerprint density at radius 3 is 2.91 bits per heavy atom. The van der Waals surface area contributed by atoms with Gasteiger partial charge in [-0.2, -0.15) is 0 Å². The maximum absolute atomic E-state index is 10.8. The van der Waals surface area contributed by atoms with E-state index < -0.39 is 0 Å². The Hall–Kier alpha value is -1.25. The lowest BCUT2D eigenvalue weighted by Crippen LogP contribution is -2.20. The molecular weight excluding hydrogens is 142 g/mol. The molecule has 0 radical (unpaired) electrons. The van der Waals surface area contributed by atoms with Gasteiger partial charge in [0, 0.05) is 5.56 Å². The van der Waals surface area contributed by atoms with Gasteiger partial charge in [0.15, 0.2) is 0 Å². The summed E-state index contributed by atoms with van der Waals surface area (Å²) in [6.07, 6.45) is 3.81. The Kier molecular flexibility index (Phi) is 2.31. The van der Waals surface area contributed by atoms with E-state index in [-0.39, 0.29) is 11.8 Å². The molecular formula is C8H11NO2. The third-order valence-corrected chi connectivity index (χ3v) is 1.70. The lowest BCUT2D eigenvalue weighted by molar-refractivity contribution is -0.119. The summed E-state index contributed by atoms with van der Waals surface area (Å²) in [4.78, 5) is 10.8. The molecule has 1 heterocycles. The van der Waals surface area contributed by atoms with Gasteiger partial charge in [0.25, 0.3) is 0 Å². The zero-order valence-electron chi connectivity index (χ0n) is 6.41. The fourth-order valence-electron chi connectivity index (χ4n) is 1.07. The molecule has 60 valence electrons. The molecule has 0 saturated heterocycles. The molecule has 0 saturated carbocycles. The highest BCUT2D eigenvalue weighted by Crippen LogP contribution is 2.18. The fraction of sp³-hybridized carbons (Fsp3) is 0.375. The molecule has 2 N–H and O–H groups in total. The number of amides is 1. The van der Waals surface area contributed by atoms with Gasteiger partial charge in [-0.3, -0.25) is 4.79 Å². The monoisotopic (exact) mass is 153 g/mol. The first-order valence-electron chi connectivity index (χ1n) is 3.57. The largest absolute Gasteiger partial charge is 0.472 e. The molecule has 0 aliphatic heterocycles. The molecule has 1 aromatic heterocycles. The van der Waals surface area contributed by atoms with E-state index in [4.69, 9.17) is 10.2 Å². The van der Waals surface area contributed by atoms with Crippen LogP contribution >= 0.6 is 0 Å². The Labute approximate surface area is 65.2 Å². The van der Waals surface area contributed by atoms with Crippen LogP contribution in [0.25, 0.3) is 0 Å². The zero-order valence-corrected chi connectivity index (χ0v) is 6.41. The molecule has 0 fully saturated rings. The first-order valence-corrected chi connectivity index (χ1v) is 3.57. The second-order valence-electron chi connectivity index (χ2n) is 2.42. The lowest BCUT2D eigenvalue weighted by Gasteiger charge is -2.05. The topological polar surface area (TPSA) is 56.2 Å². The van der Waals surface area contributed by atoms with Gasteiger partial charge in [-0.1, -0.05) is 6.92 Å². The summed E-state index contributed by atoms with van der Waals surface area (Å²) in [6.45, 7) is 1.92. The highest BCUT2D eigenvalue weighted by atomic mass is 16.3. The highest BCUT2D eigenvalue weighted by molar-refractivity contribution is 5.81. The standard InChI is InChI=1S/C8H11NO2/c1-2-7(8(9)10)6-3-4-11-5-6/h3-5,7H,2H2,1H3,(H2,9,10). The molecule has 11 heavy (non-hydrogen) atoms. The molecule has 1 unspecified atom stereocenters. The van der Waals surface area contributed by atoms with E-state index in [0.29, 0.717) is 0 Å². The summed E-state index contributed by atoms with van der Waals surface area (Å²) < 4.78 is 4.84. The zero-order chi connectivity index (χ0) is 8.27. The van der Waals surface area contributed by atoms with Crippen LogP contribution in [0.5, 0.6) is 0 Å². The van der Waals surface area contributed by atoms with Crippen LogP contribution in [0.3, 0.4) is 0 Å². The molecule has 0 aliphatic rings. The number of hydrogen-bond acceptors (Lipinski definition) is 2. The molecule has 0 spiro atoms. The van der Waals surface area contributed by atoms with E-state index in [2.05, 4.69) is 0 Å². The fourth-order valence-corrected chi connectivity index (χ4v) is 1.07. The van der Waals surface area contributed by atoms with Crippen LogP contribution in [0.15, 0.2) is 23.0 Å². The van der Waals surface area contributed by atoms with Crippen LogP contribution in [0.1, 0.15) is 24.8 Å². The predicted octanol–water partition coefficient (Wildman–Crippen LogP) is 1.26. The van der Waals surface area contributed by atoms with Crippen molar-refractivity contribution in [3.05, 3.63) is 24.2 Å². The van der Waals surface area contributed by atoms with E-state index in [1.165, 1.54) is 0 Å². The van der Waals surface area contributed by atoms with E-state index in [1.54, 1.807) is 18.6 Å². The van der Waals surface area contributed by atoms with Crippen LogP contribution in [0.2, 0.25) is 0 Å². The Bertz CT molecular complexity index is 228. The number of furan rings is 1. The van der Waals surface area contributed by atoms with Crippen LogP contribution in [-0.2, 0) is 4.79 Å². The minimum Gasteiger partial charge on any atom is -0.472 e. The van der Waals surface area contributed by atoms with E-state index >= 15 is 0 Å². The van der Waals surface area contributed by atoms with Crippen molar-refractivity contribution in [1.82, 2.24) is 0 Å². The second kappa shape index (κ2) is 3.23. The van der Waals surface area contributed by atoms with Crippen molar-refractivity contribution in [1.29, 1.82) is 0 Å². The summed E-state index contributed by atoms with van der Waals surface area (Å²) >= 11 is 0. The van der Waals surface area contributed by atoms with Crippen LogP contribution in [0.4, 0.5) is 0 Å². The minimum atomic E-state index is -0.297. The van der Waals surface area contributed by atoms with Crippen molar-refractivity contribution in [3.8, 4) is 0 Å². The van der Waals surface area contributed by atoms with Gasteiger partial charge in [-0.05, 0) is 12.5 Å². The Morgan fingerprint density at radius 2 is 2.55 bits per heavy atom. The number of primary amides is 1. The van der Waals surface area contributed by atoms with Gasteiger partial charge in [0.1, 0.15) is 0 Å². The smallest absolute Gasteiger partial charge is 0.225 e. The average Bonchev–Trinajstić information content (AvgIpc) is 2.40. The van der Waals surface area contributed by atoms with Gasteiger partial charge in [0.2, 0.25) is 5.91 Å². The molecule has 0 bridgehead atoms. The predicted molar refractivity (Wildman–Crippen MR) is 40.9 cm³/mol. The summed E-state index contributed by atoms with van der Waals surface area (Å²) in [7, 11) is 0. The van der Waals surface area contributed by atoms with Gasteiger partial charge < -0.3 is 10.2 Å². The van der Waals surface area contributed by atoms with Gasteiger partial charge >= 0.3 is 0 Å². The summed E-state index contributed by atoms with van der Waals surface area (Å²) in [5.74, 6) is -0.498. The summed E-state index contributed by atoms with van der Waals surface area (Å²) in [5.41, 5.74) is 6.02. The third-order valence-electron chi connectivity index (χ3n) is 1.70. The third kappa shape index (κ3) is 1.61. The number of rotatable bonds is 3. The Morgan fingerprint density at radius 1 is 1.82 bits per heavy atom. The van der Waals surface area contributed by atoms with Crippen LogP contribution < -0.4 is 5.73 Å². The lowest BCUT2D eigenvalue weighted by atomic mass is 9.99. The molecule has 3 nitrogen and oxygen atoms in total. The maximum atomic E-state index is 10.8. The van der Waals surface area contributed by atoms with Gasteiger partial charge in [0.05, 0.1) is 18.4 Å². The van der Waals surface area contributed by atoms with Crippen molar-refractivity contribution < 1.29 is 9.21 Å². The first kappa shape index (κ1) is 7.85. The maximum Gasteiger partial charge on any atom is 0.225 e. The van der Waals surface area contributed by atoms with Crippen LogP contribution in [-0.4, -0.2) is 5.91 Å². The first-order chi connectivity index (χ1) is 5.25. The number of carbonyl (C=O) groups is 1. The van der Waals surface area contributed by atoms with Crippen molar-refractivity contribution in [2.75, 3.05) is 0 Å². The highest BCUT2D eigenvalue weighted by Gasteiger charge is 2.15. The van der Waals surface area contributed by atoms with Gasteiger partial charge in [-0.25, -0.2) is 0 Å². The van der Waals surface area contributed by atoms with E-state index in [9.17, 15) is 4.79 Å².